The first-order valence-corrected chi connectivity index (χ1v) is 8.76. The maximum atomic E-state index is 5.57. The van der Waals surface area contributed by atoms with Crippen LogP contribution in [0.3, 0.4) is 0 Å². The van der Waals surface area contributed by atoms with Crippen molar-refractivity contribution >= 4 is 30.4 Å². The van der Waals surface area contributed by atoms with Crippen LogP contribution in [0.5, 0.6) is 5.75 Å². The molecule has 1 aromatic carbocycles. The van der Waals surface area contributed by atoms with E-state index in [1.54, 1.807) is 7.11 Å². The molecule has 0 N–H and O–H groups in total. The maximum Gasteiger partial charge on any atom is 0.118 e. The summed E-state index contributed by atoms with van der Waals surface area (Å²) in [5.41, 5.74) is 1.17. The Hall–Kier alpha value is 0.0200. The Labute approximate surface area is 119 Å². The molecule has 0 aromatic heterocycles. The fourth-order valence-electron chi connectivity index (χ4n) is 1.31. The predicted molar refractivity (Wildman–Crippen MR) is 79.4 cm³/mol. The lowest BCUT2D eigenvalue weighted by Gasteiger charge is -2.05. The largest absolute Gasteiger partial charge is 0.497 e. The van der Waals surface area contributed by atoms with Gasteiger partial charge in [0.05, 0.1) is 29.5 Å². The molecule has 1 aromatic rings. The van der Waals surface area contributed by atoms with Crippen LogP contribution in [-0.2, 0) is 15.5 Å². The monoisotopic (exact) mass is 368 g/mol. The summed E-state index contributed by atoms with van der Waals surface area (Å²) in [4.78, 5) is 0. The normalized spacial score (nSPS) is 10.5. The maximum absolute atomic E-state index is 5.57. The second-order valence-electron chi connectivity index (χ2n) is 3.49. The first-order chi connectivity index (χ1) is 8.36. The molecule has 0 aliphatic carbocycles. The third kappa shape index (κ3) is 7.13. The van der Waals surface area contributed by atoms with Gasteiger partial charge in [-0.3, -0.25) is 0 Å². The Bertz CT molecular complexity index is 292. The summed E-state index contributed by atoms with van der Waals surface area (Å²) in [5.74, 6) is 0.877. The van der Waals surface area contributed by atoms with E-state index in [0.29, 0.717) is 6.61 Å². The van der Waals surface area contributed by atoms with Crippen LogP contribution in [0.15, 0.2) is 24.3 Å². The fraction of sp³-hybridized carbons (Fsp3) is 0.500. The minimum absolute atomic E-state index is 0.659. The van der Waals surface area contributed by atoms with Crippen molar-refractivity contribution in [1.29, 1.82) is 0 Å². The second kappa shape index (κ2) is 9.99. The van der Waals surface area contributed by atoms with Gasteiger partial charge in [0.25, 0.3) is 0 Å². The van der Waals surface area contributed by atoms with Gasteiger partial charge in [-0.1, -0.05) is 12.1 Å². The lowest BCUT2D eigenvalue weighted by molar-refractivity contribution is 0.114. The highest BCUT2D eigenvalue weighted by molar-refractivity contribution is 14.2. The zero-order chi connectivity index (χ0) is 12.3. The molecule has 96 valence electrons. The molecule has 0 amide bonds. The first-order valence-electron chi connectivity index (χ1n) is 5.47. The van der Waals surface area contributed by atoms with Crippen LogP contribution in [0.2, 0.25) is 0 Å². The Kier molecular flexibility index (Phi) is 8.86. The average molecular weight is 368 g/mol. The van der Waals surface area contributed by atoms with Crippen LogP contribution in [0.1, 0.15) is 18.4 Å². The molecule has 0 unspecified atom stereocenters. The Balaban J connectivity index is 2.05. The van der Waals surface area contributed by atoms with E-state index in [1.165, 1.54) is 14.8 Å². The summed E-state index contributed by atoms with van der Waals surface area (Å²) < 4.78 is 15.8. The van der Waals surface area contributed by atoms with Crippen molar-refractivity contribution in [3.05, 3.63) is 29.8 Å². The van der Waals surface area contributed by atoms with E-state index in [-0.39, 0.29) is 0 Å². The van der Waals surface area contributed by atoms with E-state index >= 15 is 0 Å². The van der Waals surface area contributed by atoms with Gasteiger partial charge in [0, 0.05) is 27.8 Å². The lowest BCUT2D eigenvalue weighted by Crippen LogP contribution is -1.97. The van der Waals surface area contributed by atoms with Gasteiger partial charge in [-0.15, -0.1) is 0 Å². The van der Waals surface area contributed by atoms with E-state index in [2.05, 4.69) is 21.2 Å². The minimum Gasteiger partial charge on any atom is -0.497 e. The zero-order valence-corrected chi connectivity index (χ0v) is 12.8. The number of rotatable bonds is 9. The predicted octanol–water partition coefficient (Wildman–Crippen LogP) is 4.01. The lowest BCUT2D eigenvalue weighted by atomic mass is 10.2. The van der Waals surface area contributed by atoms with Gasteiger partial charge in [-0.2, -0.15) is 0 Å². The van der Waals surface area contributed by atoms with Crippen LogP contribution >= 0.6 is 30.4 Å². The van der Waals surface area contributed by atoms with Crippen LogP contribution in [0.25, 0.3) is 0 Å². The van der Waals surface area contributed by atoms with Crippen molar-refractivity contribution in [3.63, 3.8) is 0 Å². The average Bonchev–Trinajstić information content (AvgIpc) is 2.38. The molecule has 5 heteroatoms. The third-order valence-electron chi connectivity index (χ3n) is 2.24. The smallest absolute Gasteiger partial charge is 0.118 e. The number of methoxy groups -OCH3 is 1. The Morgan fingerprint density at radius 1 is 1.12 bits per heavy atom. The van der Waals surface area contributed by atoms with Crippen LogP contribution in [0, 0.1) is 0 Å². The van der Waals surface area contributed by atoms with Crippen molar-refractivity contribution in [1.82, 2.24) is 0 Å². The van der Waals surface area contributed by atoms with Gasteiger partial charge in [0.15, 0.2) is 0 Å². The van der Waals surface area contributed by atoms with E-state index in [9.17, 15) is 0 Å². The van der Waals surface area contributed by atoms with Gasteiger partial charge in [-0.25, -0.2) is 0 Å². The van der Waals surface area contributed by atoms with Crippen molar-refractivity contribution in [2.24, 2.45) is 0 Å². The molecule has 0 atom stereocenters. The first kappa shape index (κ1) is 15.1. The number of benzene rings is 1. The van der Waals surface area contributed by atoms with Crippen molar-refractivity contribution in [2.75, 3.05) is 20.3 Å². The fourth-order valence-corrected chi connectivity index (χ4v) is 2.03. The molecule has 0 heterocycles. The zero-order valence-electron chi connectivity index (χ0n) is 9.86. The summed E-state index contributed by atoms with van der Waals surface area (Å²) >= 11 is 2.12. The van der Waals surface area contributed by atoms with Gasteiger partial charge in [-0.05, 0) is 30.5 Å². The molecule has 17 heavy (non-hydrogen) atoms. The second-order valence-corrected chi connectivity index (χ2v) is 4.93. The van der Waals surface area contributed by atoms with Crippen LogP contribution in [0.4, 0.5) is 0 Å². The molecule has 0 fully saturated rings. The van der Waals surface area contributed by atoms with E-state index in [0.717, 1.165) is 31.8 Å². The van der Waals surface area contributed by atoms with Gasteiger partial charge >= 0.3 is 0 Å². The van der Waals surface area contributed by atoms with Crippen molar-refractivity contribution in [2.45, 2.75) is 19.4 Å². The summed E-state index contributed by atoms with van der Waals surface area (Å²) in [5, 5.41) is 0. The van der Waals surface area contributed by atoms with Gasteiger partial charge in [0.1, 0.15) is 5.75 Å². The molecule has 3 nitrogen and oxygen atoms in total. The van der Waals surface area contributed by atoms with Gasteiger partial charge < -0.3 is 13.7 Å². The summed E-state index contributed by atoms with van der Waals surface area (Å²) in [6, 6.07) is 7.94. The SMILES string of the molecule is COc1ccc(COCCCCOSI)cc1. The van der Waals surface area contributed by atoms with Crippen LogP contribution < -0.4 is 4.74 Å². The molecule has 0 spiro atoms. The number of unbranched alkanes of at least 4 members (excludes halogenated alkanes) is 1. The van der Waals surface area contributed by atoms with E-state index in [1.807, 2.05) is 24.3 Å². The number of hydrogen-bond acceptors (Lipinski definition) is 4. The summed E-state index contributed by atoms with van der Waals surface area (Å²) in [6.45, 7) is 2.23. The Morgan fingerprint density at radius 3 is 2.47 bits per heavy atom. The quantitative estimate of drug-likeness (QED) is 0.374. The highest BCUT2D eigenvalue weighted by Gasteiger charge is 1.95. The standard InChI is InChI=1S/C12H17IO3S/c1-14-12-6-4-11(5-7-12)10-15-8-2-3-9-16-17-13/h4-7H,2-3,8-10H2,1H3. The number of ether oxygens (including phenoxy) is 2. The highest BCUT2D eigenvalue weighted by Crippen LogP contribution is 2.13. The molecule has 0 saturated heterocycles. The molecule has 1 rings (SSSR count). The molecule has 0 aliphatic heterocycles. The van der Waals surface area contributed by atoms with Crippen LogP contribution in [-0.4, -0.2) is 20.3 Å². The molecule has 0 saturated carbocycles. The van der Waals surface area contributed by atoms with Crippen molar-refractivity contribution < 1.29 is 13.7 Å². The van der Waals surface area contributed by atoms with E-state index < -0.39 is 0 Å². The van der Waals surface area contributed by atoms with Gasteiger partial charge in [0.2, 0.25) is 0 Å². The molecule has 0 radical (unpaired) electrons. The molecular formula is C12H17IO3S. The Morgan fingerprint density at radius 2 is 1.82 bits per heavy atom. The molecule has 0 aliphatic rings. The highest BCUT2D eigenvalue weighted by atomic mass is 127. The summed E-state index contributed by atoms with van der Waals surface area (Å²) in [6.07, 6.45) is 2.08. The number of halogens is 1. The summed E-state index contributed by atoms with van der Waals surface area (Å²) in [7, 11) is 3.05. The van der Waals surface area contributed by atoms with E-state index in [4.69, 9.17) is 13.7 Å². The minimum atomic E-state index is 0.659. The van der Waals surface area contributed by atoms with Crippen molar-refractivity contribution in [3.8, 4) is 5.75 Å². The topological polar surface area (TPSA) is 27.7 Å². The number of hydrogen-bond donors (Lipinski definition) is 0. The third-order valence-corrected chi connectivity index (χ3v) is 3.26. The molecule has 0 bridgehead atoms. The molecular weight excluding hydrogens is 351 g/mol.